The van der Waals surface area contributed by atoms with Gasteiger partial charge in [0, 0.05) is 25.0 Å². The summed E-state index contributed by atoms with van der Waals surface area (Å²) < 4.78 is 0. The van der Waals surface area contributed by atoms with Gasteiger partial charge in [-0.25, -0.2) is 0 Å². The Morgan fingerprint density at radius 2 is 2.10 bits per heavy atom. The number of benzene rings is 1. The van der Waals surface area contributed by atoms with Crippen LogP contribution in [0.25, 0.3) is 0 Å². The Kier molecular flexibility index (Phi) is 7.03. The highest BCUT2D eigenvalue weighted by molar-refractivity contribution is 5.85. The Morgan fingerprint density at radius 3 is 2.75 bits per heavy atom. The second-order valence-electron chi connectivity index (χ2n) is 5.59. The minimum atomic E-state index is -0.0390. The summed E-state index contributed by atoms with van der Waals surface area (Å²) in [6, 6.07) is 10.9. The summed E-state index contributed by atoms with van der Waals surface area (Å²) >= 11 is 0. The van der Waals surface area contributed by atoms with E-state index in [1.165, 1.54) is 5.56 Å². The van der Waals surface area contributed by atoms with Crippen molar-refractivity contribution in [3.63, 3.8) is 0 Å². The molecular weight excluding hydrogens is 272 g/mol. The third kappa shape index (κ3) is 4.80. The molecule has 20 heavy (non-hydrogen) atoms. The molecule has 1 amide bonds. The van der Waals surface area contributed by atoms with Crippen LogP contribution in [0.4, 0.5) is 0 Å². The van der Waals surface area contributed by atoms with Crippen LogP contribution in [0.1, 0.15) is 38.2 Å². The van der Waals surface area contributed by atoms with Gasteiger partial charge in [-0.3, -0.25) is 4.79 Å². The molecule has 1 aliphatic heterocycles. The number of hydrogen-bond acceptors (Lipinski definition) is 2. The molecule has 0 radical (unpaired) electrons. The van der Waals surface area contributed by atoms with Crippen LogP contribution >= 0.6 is 12.4 Å². The smallest absolute Gasteiger partial charge is 0.224 e. The molecule has 1 aliphatic rings. The van der Waals surface area contributed by atoms with E-state index in [0.29, 0.717) is 12.5 Å². The molecule has 0 aliphatic carbocycles. The van der Waals surface area contributed by atoms with Gasteiger partial charge in [0.15, 0.2) is 0 Å². The summed E-state index contributed by atoms with van der Waals surface area (Å²) in [5, 5.41) is 0. The number of amides is 1. The molecule has 2 N–H and O–H groups in total. The standard InChI is InChI=1S/C16H24N2O.ClH/c1-13(17)12-16(19)18-11-5-8-15(18)10-9-14-6-3-2-4-7-14;/h2-4,6-7,13,15H,5,8-12,17H2,1H3;1H. The fraction of sp³-hybridized carbons (Fsp3) is 0.562. The molecular formula is C16H25ClN2O. The molecule has 3 nitrogen and oxygen atoms in total. The van der Waals surface area contributed by atoms with Gasteiger partial charge in [-0.05, 0) is 38.2 Å². The zero-order chi connectivity index (χ0) is 13.7. The lowest BCUT2D eigenvalue weighted by Crippen LogP contribution is -2.38. The molecule has 0 saturated carbocycles. The summed E-state index contributed by atoms with van der Waals surface area (Å²) in [5.41, 5.74) is 7.08. The van der Waals surface area contributed by atoms with Crippen LogP contribution in [0.15, 0.2) is 30.3 Å². The van der Waals surface area contributed by atoms with Crippen LogP contribution in [0.3, 0.4) is 0 Å². The van der Waals surface area contributed by atoms with Crippen LogP contribution in [-0.2, 0) is 11.2 Å². The lowest BCUT2D eigenvalue weighted by atomic mass is 10.0. The minimum absolute atomic E-state index is 0. The first-order valence-electron chi connectivity index (χ1n) is 7.26. The predicted molar refractivity (Wildman–Crippen MR) is 85.0 cm³/mol. The van der Waals surface area contributed by atoms with E-state index in [4.69, 9.17) is 5.73 Å². The maximum Gasteiger partial charge on any atom is 0.224 e. The van der Waals surface area contributed by atoms with E-state index >= 15 is 0 Å². The molecule has 0 bridgehead atoms. The molecule has 2 unspecified atom stereocenters. The fourth-order valence-electron chi connectivity index (χ4n) is 2.83. The number of aryl methyl sites for hydroxylation is 1. The van der Waals surface area contributed by atoms with Crippen molar-refractivity contribution in [1.82, 2.24) is 4.90 Å². The number of likely N-dealkylation sites (tertiary alicyclic amines) is 1. The van der Waals surface area contributed by atoms with Crippen molar-refractivity contribution < 1.29 is 4.79 Å². The summed E-state index contributed by atoms with van der Waals surface area (Å²) in [5.74, 6) is 0.227. The van der Waals surface area contributed by atoms with Gasteiger partial charge < -0.3 is 10.6 Å². The zero-order valence-corrected chi connectivity index (χ0v) is 12.9. The molecule has 1 fully saturated rings. The molecule has 1 aromatic rings. The lowest BCUT2D eigenvalue weighted by Gasteiger charge is -2.25. The Hall–Kier alpha value is -1.06. The average molecular weight is 297 g/mol. The number of nitrogens with two attached hydrogens (primary N) is 1. The number of carbonyl (C=O) groups is 1. The molecule has 4 heteroatoms. The molecule has 2 rings (SSSR count). The van der Waals surface area contributed by atoms with Crippen LogP contribution in [0.2, 0.25) is 0 Å². The highest BCUT2D eigenvalue weighted by atomic mass is 35.5. The van der Waals surface area contributed by atoms with Gasteiger partial charge >= 0.3 is 0 Å². The van der Waals surface area contributed by atoms with E-state index in [1.807, 2.05) is 17.9 Å². The SMILES string of the molecule is CC(N)CC(=O)N1CCCC1CCc1ccccc1.Cl. The van der Waals surface area contributed by atoms with E-state index < -0.39 is 0 Å². The summed E-state index contributed by atoms with van der Waals surface area (Å²) in [6.07, 6.45) is 4.85. The molecule has 0 spiro atoms. The van der Waals surface area contributed by atoms with Crippen molar-refractivity contribution in [2.75, 3.05) is 6.54 Å². The van der Waals surface area contributed by atoms with Crippen molar-refractivity contribution in [3.05, 3.63) is 35.9 Å². The average Bonchev–Trinajstić information content (AvgIpc) is 2.85. The fourth-order valence-corrected chi connectivity index (χ4v) is 2.83. The Labute approximate surface area is 127 Å². The van der Waals surface area contributed by atoms with Crippen LogP contribution in [-0.4, -0.2) is 29.4 Å². The van der Waals surface area contributed by atoms with Crippen molar-refractivity contribution in [1.29, 1.82) is 0 Å². The Bertz CT molecular complexity index is 408. The highest BCUT2D eigenvalue weighted by Gasteiger charge is 2.28. The molecule has 1 heterocycles. The molecule has 1 saturated heterocycles. The van der Waals surface area contributed by atoms with Gasteiger partial charge in [0.1, 0.15) is 0 Å². The number of carbonyl (C=O) groups excluding carboxylic acids is 1. The van der Waals surface area contributed by atoms with E-state index in [9.17, 15) is 4.79 Å². The Morgan fingerprint density at radius 1 is 1.40 bits per heavy atom. The lowest BCUT2D eigenvalue weighted by molar-refractivity contribution is -0.132. The Balaban J connectivity index is 0.00000200. The zero-order valence-electron chi connectivity index (χ0n) is 12.1. The van der Waals surface area contributed by atoms with Crippen LogP contribution < -0.4 is 5.73 Å². The first kappa shape index (κ1) is 17.0. The second kappa shape index (κ2) is 8.28. The van der Waals surface area contributed by atoms with Gasteiger partial charge in [-0.2, -0.15) is 0 Å². The first-order valence-corrected chi connectivity index (χ1v) is 7.26. The van der Waals surface area contributed by atoms with Crippen molar-refractivity contribution in [3.8, 4) is 0 Å². The van der Waals surface area contributed by atoms with Crippen LogP contribution in [0.5, 0.6) is 0 Å². The van der Waals surface area contributed by atoms with Crippen molar-refractivity contribution >= 4 is 18.3 Å². The van der Waals surface area contributed by atoms with Gasteiger partial charge in [0.05, 0.1) is 0 Å². The summed E-state index contributed by atoms with van der Waals surface area (Å²) in [4.78, 5) is 14.2. The van der Waals surface area contributed by atoms with E-state index in [2.05, 4.69) is 24.3 Å². The maximum absolute atomic E-state index is 12.1. The molecule has 0 aromatic heterocycles. The number of halogens is 1. The van der Waals surface area contributed by atoms with Crippen LogP contribution in [0, 0.1) is 0 Å². The predicted octanol–water partition coefficient (Wildman–Crippen LogP) is 2.77. The van der Waals surface area contributed by atoms with Gasteiger partial charge in [0.2, 0.25) is 5.91 Å². The quantitative estimate of drug-likeness (QED) is 0.908. The largest absolute Gasteiger partial charge is 0.340 e. The van der Waals surface area contributed by atoms with Crippen molar-refractivity contribution in [2.45, 2.75) is 51.1 Å². The van der Waals surface area contributed by atoms with Gasteiger partial charge in [-0.1, -0.05) is 30.3 Å². The maximum atomic E-state index is 12.1. The first-order chi connectivity index (χ1) is 9.16. The summed E-state index contributed by atoms with van der Waals surface area (Å²) in [6.45, 7) is 2.80. The number of rotatable bonds is 5. The second-order valence-corrected chi connectivity index (χ2v) is 5.59. The van der Waals surface area contributed by atoms with E-state index in [1.54, 1.807) is 0 Å². The highest BCUT2D eigenvalue weighted by Crippen LogP contribution is 2.22. The van der Waals surface area contributed by atoms with E-state index in [0.717, 1.165) is 32.2 Å². The third-order valence-electron chi connectivity index (χ3n) is 3.80. The third-order valence-corrected chi connectivity index (χ3v) is 3.80. The minimum Gasteiger partial charge on any atom is -0.340 e. The topological polar surface area (TPSA) is 46.3 Å². The summed E-state index contributed by atoms with van der Waals surface area (Å²) in [7, 11) is 0. The monoisotopic (exact) mass is 296 g/mol. The van der Waals surface area contributed by atoms with Gasteiger partial charge in [-0.15, -0.1) is 12.4 Å². The van der Waals surface area contributed by atoms with Crippen molar-refractivity contribution in [2.24, 2.45) is 5.73 Å². The van der Waals surface area contributed by atoms with E-state index in [-0.39, 0.29) is 24.4 Å². The normalized spacial score (nSPS) is 19.5. The number of hydrogen-bond donors (Lipinski definition) is 1. The molecule has 2 atom stereocenters. The van der Waals surface area contributed by atoms with Gasteiger partial charge in [0.25, 0.3) is 0 Å². The molecule has 112 valence electrons. The molecule has 1 aromatic carbocycles. The number of nitrogens with zero attached hydrogens (tertiary/aromatic N) is 1.